The van der Waals surface area contributed by atoms with Crippen molar-refractivity contribution in [2.45, 2.75) is 26.1 Å². The summed E-state index contributed by atoms with van der Waals surface area (Å²) in [5.41, 5.74) is 0.428. The second-order valence-electron chi connectivity index (χ2n) is 4.92. The molecule has 1 atom stereocenters. The third-order valence-corrected chi connectivity index (χ3v) is 2.94. The van der Waals surface area contributed by atoms with Gasteiger partial charge >= 0.3 is 0 Å². The van der Waals surface area contributed by atoms with Crippen LogP contribution in [0.1, 0.15) is 13.8 Å². The number of halogens is 1. The number of para-hydroxylation sites is 1. The Balaban J connectivity index is 2.03. The van der Waals surface area contributed by atoms with Gasteiger partial charge < -0.3 is 19.5 Å². The Morgan fingerprint density at radius 2 is 2.26 bits per heavy atom. The maximum Gasteiger partial charge on any atom is 0.150 e. The Labute approximate surface area is 112 Å². The highest BCUT2D eigenvalue weighted by Gasteiger charge is 2.23. The molecule has 0 saturated heterocycles. The smallest absolute Gasteiger partial charge is 0.150 e. The molecule has 0 fully saturated rings. The molecule has 106 valence electrons. The number of benzene rings is 1. The van der Waals surface area contributed by atoms with Gasteiger partial charge in [0.05, 0.1) is 25.4 Å². The number of nitrogens with zero attached hydrogens (tertiary/aromatic N) is 1. The second-order valence-corrected chi connectivity index (χ2v) is 4.92. The average molecular weight is 269 g/mol. The van der Waals surface area contributed by atoms with E-state index in [2.05, 4.69) is 0 Å². The third kappa shape index (κ3) is 3.58. The van der Waals surface area contributed by atoms with Gasteiger partial charge in [0.15, 0.2) is 0 Å². The Morgan fingerprint density at radius 1 is 1.47 bits per heavy atom. The minimum Gasteiger partial charge on any atom is -0.489 e. The van der Waals surface area contributed by atoms with Gasteiger partial charge in [-0.2, -0.15) is 0 Å². The molecule has 1 aromatic carbocycles. The van der Waals surface area contributed by atoms with Gasteiger partial charge in [-0.3, -0.25) is 0 Å². The van der Waals surface area contributed by atoms with Crippen LogP contribution in [0.15, 0.2) is 18.2 Å². The first kappa shape index (κ1) is 14.1. The van der Waals surface area contributed by atoms with Crippen LogP contribution in [-0.4, -0.2) is 43.6 Å². The Morgan fingerprint density at radius 3 is 3.00 bits per heavy atom. The fourth-order valence-electron chi connectivity index (χ4n) is 2.09. The molecule has 0 saturated carbocycles. The molecule has 0 bridgehead atoms. The minimum atomic E-state index is -0.645. The predicted molar refractivity (Wildman–Crippen MR) is 71.2 cm³/mol. The first-order chi connectivity index (χ1) is 9.08. The zero-order chi connectivity index (χ0) is 13.8. The van der Waals surface area contributed by atoms with Gasteiger partial charge in [-0.05, 0) is 26.0 Å². The fraction of sp³-hybridized carbons (Fsp3) is 0.571. The normalized spacial score (nSPS) is 16.2. The molecule has 2 rings (SSSR count). The summed E-state index contributed by atoms with van der Waals surface area (Å²) in [4.78, 5) is 1.81. The zero-order valence-corrected chi connectivity index (χ0v) is 11.3. The van der Waals surface area contributed by atoms with Gasteiger partial charge in [-0.1, -0.05) is 6.07 Å². The van der Waals surface area contributed by atoms with Crippen molar-refractivity contribution in [3.63, 3.8) is 0 Å². The van der Waals surface area contributed by atoms with Crippen molar-refractivity contribution in [2.24, 2.45) is 0 Å². The van der Waals surface area contributed by atoms with E-state index in [4.69, 9.17) is 9.47 Å². The third-order valence-electron chi connectivity index (χ3n) is 2.94. The average Bonchev–Trinajstić information content (AvgIpc) is 2.37. The molecule has 1 N–H and O–H groups in total. The molecule has 0 spiro atoms. The topological polar surface area (TPSA) is 41.9 Å². The van der Waals surface area contributed by atoms with E-state index >= 15 is 0 Å². The summed E-state index contributed by atoms with van der Waals surface area (Å²) in [7, 11) is 0. The Bertz CT molecular complexity index is 425. The van der Waals surface area contributed by atoms with Crippen LogP contribution >= 0.6 is 0 Å². The highest BCUT2D eigenvalue weighted by atomic mass is 19.1. The van der Waals surface area contributed by atoms with Gasteiger partial charge in [0.1, 0.15) is 23.9 Å². The van der Waals surface area contributed by atoms with Gasteiger partial charge in [-0.25, -0.2) is 4.39 Å². The van der Waals surface area contributed by atoms with Crippen molar-refractivity contribution < 1.29 is 19.0 Å². The number of anilines is 1. The van der Waals surface area contributed by atoms with Crippen LogP contribution in [0.3, 0.4) is 0 Å². The Kier molecular flexibility index (Phi) is 4.61. The van der Waals surface area contributed by atoms with E-state index in [1.165, 1.54) is 6.07 Å². The summed E-state index contributed by atoms with van der Waals surface area (Å²) < 4.78 is 24.6. The number of aliphatic hydroxyl groups is 1. The highest BCUT2D eigenvalue weighted by Crippen LogP contribution is 2.33. The van der Waals surface area contributed by atoms with Crippen LogP contribution < -0.4 is 9.64 Å². The first-order valence-corrected chi connectivity index (χ1v) is 6.54. The maximum atomic E-state index is 13.9. The molecule has 0 aromatic heterocycles. The summed E-state index contributed by atoms with van der Waals surface area (Å²) in [6.07, 6.45) is -0.573. The summed E-state index contributed by atoms with van der Waals surface area (Å²) in [6.45, 7) is 5.47. The van der Waals surface area contributed by atoms with E-state index < -0.39 is 6.10 Å². The summed E-state index contributed by atoms with van der Waals surface area (Å²) in [6, 6.07) is 4.76. The van der Waals surface area contributed by atoms with E-state index in [1.807, 2.05) is 18.7 Å². The van der Waals surface area contributed by atoms with Crippen LogP contribution in [0.5, 0.6) is 5.75 Å². The predicted octanol–water partition coefficient (Wildman–Crippen LogP) is 1.81. The second kappa shape index (κ2) is 6.21. The molecule has 1 unspecified atom stereocenters. The Hall–Kier alpha value is -1.33. The molecule has 5 heteroatoms. The van der Waals surface area contributed by atoms with E-state index in [9.17, 15) is 9.50 Å². The molecule has 0 amide bonds. The van der Waals surface area contributed by atoms with Crippen molar-refractivity contribution in [2.75, 3.05) is 31.2 Å². The largest absolute Gasteiger partial charge is 0.489 e. The first-order valence-electron chi connectivity index (χ1n) is 6.54. The lowest BCUT2D eigenvalue weighted by atomic mass is 10.2. The lowest BCUT2D eigenvalue weighted by Crippen LogP contribution is -2.40. The SMILES string of the molecule is CC(C)OCC(O)CN1CCOc2cccc(F)c21. The molecular formula is C14H20FNO3. The molecule has 4 nitrogen and oxygen atoms in total. The van der Waals surface area contributed by atoms with E-state index in [-0.39, 0.29) is 18.5 Å². The number of hydrogen-bond donors (Lipinski definition) is 1. The number of ether oxygens (including phenoxy) is 2. The number of aliphatic hydroxyl groups excluding tert-OH is 1. The standard InChI is InChI=1S/C14H20FNO3/c1-10(2)19-9-11(17)8-16-6-7-18-13-5-3-4-12(15)14(13)16/h3-5,10-11,17H,6-9H2,1-2H3. The zero-order valence-electron chi connectivity index (χ0n) is 11.3. The van der Waals surface area contributed by atoms with Gasteiger partial charge in [0.2, 0.25) is 0 Å². The highest BCUT2D eigenvalue weighted by molar-refractivity contribution is 5.60. The number of fused-ring (bicyclic) bond motifs is 1. The monoisotopic (exact) mass is 269 g/mol. The molecule has 1 aromatic rings. The van der Waals surface area contributed by atoms with Crippen LogP contribution in [0.25, 0.3) is 0 Å². The van der Waals surface area contributed by atoms with E-state index in [1.54, 1.807) is 12.1 Å². The van der Waals surface area contributed by atoms with Crippen molar-refractivity contribution in [1.82, 2.24) is 0 Å². The van der Waals surface area contributed by atoms with Crippen LogP contribution in [0, 0.1) is 5.82 Å². The molecule has 0 aliphatic carbocycles. The molecule has 1 aliphatic heterocycles. The van der Waals surface area contributed by atoms with Gasteiger partial charge in [-0.15, -0.1) is 0 Å². The van der Waals surface area contributed by atoms with Crippen molar-refractivity contribution in [3.8, 4) is 5.75 Å². The molecule has 1 heterocycles. The summed E-state index contributed by atoms with van der Waals surface area (Å²) in [5.74, 6) is 0.206. The van der Waals surface area contributed by atoms with Gasteiger partial charge in [0, 0.05) is 6.54 Å². The lowest BCUT2D eigenvalue weighted by Gasteiger charge is -2.33. The molecular weight excluding hydrogens is 249 g/mol. The quantitative estimate of drug-likeness (QED) is 0.885. The van der Waals surface area contributed by atoms with Gasteiger partial charge in [0.25, 0.3) is 0 Å². The lowest BCUT2D eigenvalue weighted by molar-refractivity contribution is 0.00844. The minimum absolute atomic E-state index is 0.0726. The number of rotatable bonds is 5. The van der Waals surface area contributed by atoms with E-state index in [0.717, 1.165) is 0 Å². The van der Waals surface area contributed by atoms with Crippen molar-refractivity contribution in [3.05, 3.63) is 24.0 Å². The maximum absolute atomic E-state index is 13.9. The molecule has 0 radical (unpaired) electrons. The summed E-state index contributed by atoms with van der Waals surface area (Å²) in [5, 5.41) is 9.94. The number of hydrogen-bond acceptors (Lipinski definition) is 4. The van der Waals surface area contributed by atoms with Crippen molar-refractivity contribution in [1.29, 1.82) is 0 Å². The van der Waals surface area contributed by atoms with Crippen LogP contribution in [0.4, 0.5) is 10.1 Å². The molecule has 19 heavy (non-hydrogen) atoms. The fourth-order valence-corrected chi connectivity index (χ4v) is 2.09. The van der Waals surface area contributed by atoms with Crippen LogP contribution in [0.2, 0.25) is 0 Å². The van der Waals surface area contributed by atoms with Crippen LogP contribution in [-0.2, 0) is 4.74 Å². The van der Waals surface area contributed by atoms with E-state index in [0.29, 0.717) is 31.1 Å². The summed E-state index contributed by atoms with van der Waals surface area (Å²) >= 11 is 0. The molecule has 1 aliphatic rings. The van der Waals surface area contributed by atoms with Crippen molar-refractivity contribution >= 4 is 5.69 Å². The number of β-amino-alcohol motifs (C(OH)–C–C–N with tert-alkyl or cyclic N) is 1.